The Bertz CT molecular complexity index is 631. The fraction of sp³-hybridized carbons (Fsp3) is 0.278. The second kappa shape index (κ2) is 5.49. The molecule has 20 heavy (non-hydrogen) atoms. The quantitative estimate of drug-likeness (QED) is 0.637. The van der Waals surface area contributed by atoms with E-state index in [0.717, 1.165) is 30.5 Å². The number of aryl methyl sites for hydroxylation is 1. The molecule has 0 radical (unpaired) electrons. The van der Waals surface area contributed by atoms with E-state index in [1.165, 1.54) is 16.7 Å². The van der Waals surface area contributed by atoms with Crippen molar-refractivity contribution in [2.45, 2.75) is 32.1 Å². The predicted molar refractivity (Wildman–Crippen MR) is 81.6 cm³/mol. The molecule has 0 bridgehead atoms. The first-order valence-corrected chi connectivity index (χ1v) is 7.13. The van der Waals surface area contributed by atoms with Crippen LogP contribution in [0.2, 0.25) is 0 Å². The van der Waals surface area contributed by atoms with E-state index >= 15 is 0 Å². The first-order chi connectivity index (χ1) is 9.78. The van der Waals surface area contributed by atoms with Crippen molar-refractivity contribution in [2.75, 3.05) is 0 Å². The Hall–Kier alpha value is -2.09. The van der Waals surface area contributed by atoms with Crippen LogP contribution in [0.25, 0.3) is 0 Å². The van der Waals surface area contributed by atoms with Gasteiger partial charge in [0, 0.05) is 5.56 Å². The van der Waals surface area contributed by atoms with Gasteiger partial charge < -0.3 is 5.21 Å². The van der Waals surface area contributed by atoms with Gasteiger partial charge in [0.25, 0.3) is 0 Å². The van der Waals surface area contributed by atoms with Crippen molar-refractivity contribution in [3.8, 4) is 0 Å². The average Bonchev–Trinajstić information content (AvgIpc) is 2.48. The highest BCUT2D eigenvalue weighted by atomic mass is 16.4. The molecule has 1 aliphatic carbocycles. The summed E-state index contributed by atoms with van der Waals surface area (Å²) >= 11 is 0. The summed E-state index contributed by atoms with van der Waals surface area (Å²) in [6, 6.07) is 17.1. The van der Waals surface area contributed by atoms with E-state index in [1.54, 1.807) is 0 Å². The molecule has 0 spiro atoms. The standard InChI is InChI=1S/C18H19NO/c1-13-7-9-16-15(12-14-5-3-2-4-6-14)8-10-18(19-20)17(16)11-13/h2-7,9,11,15,20H,8,10,12H2,1H3/b19-18-/t15-/m1/s1. The summed E-state index contributed by atoms with van der Waals surface area (Å²) in [6.07, 6.45) is 2.95. The van der Waals surface area contributed by atoms with Gasteiger partial charge >= 0.3 is 0 Å². The normalized spacial score (nSPS) is 19.9. The van der Waals surface area contributed by atoms with Gasteiger partial charge in [-0.3, -0.25) is 0 Å². The smallest absolute Gasteiger partial charge is 0.0870 e. The molecule has 0 aromatic heterocycles. The fourth-order valence-corrected chi connectivity index (χ4v) is 3.09. The molecule has 102 valence electrons. The van der Waals surface area contributed by atoms with Crippen molar-refractivity contribution < 1.29 is 5.21 Å². The summed E-state index contributed by atoms with van der Waals surface area (Å²) in [5.41, 5.74) is 5.85. The maximum Gasteiger partial charge on any atom is 0.0870 e. The van der Waals surface area contributed by atoms with E-state index < -0.39 is 0 Å². The van der Waals surface area contributed by atoms with Gasteiger partial charge in [-0.1, -0.05) is 53.2 Å². The summed E-state index contributed by atoms with van der Waals surface area (Å²) in [5, 5.41) is 12.7. The first kappa shape index (κ1) is 12.9. The zero-order valence-electron chi connectivity index (χ0n) is 11.7. The van der Waals surface area contributed by atoms with E-state index in [1.807, 2.05) is 0 Å². The lowest BCUT2D eigenvalue weighted by molar-refractivity contribution is 0.317. The van der Waals surface area contributed by atoms with Gasteiger partial charge in [-0.2, -0.15) is 0 Å². The third-order valence-corrected chi connectivity index (χ3v) is 4.13. The molecule has 3 rings (SSSR count). The molecule has 0 amide bonds. The molecule has 0 aliphatic heterocycles. The van der Waals surface area contributed by atoms with Crippen molar-refractivity contribution in [1.82, 2.24) is 0 Å². The molecule has 2 aromatic carbocycles. The molecule has 0 fully saturated rings. The third-order valence-electron chi connectivity index (χ3n) is 4.13. The van der Waals surface area contributed by atoms with Gasteiger partial charge in [-0.25, -0.2) is 0 Å². The van der Waals surface area contributed by atoms with Crippen LogP contribution in [0.15, 0.2) is 53.7 Å². The number of fused-ring (bicyclic) bond motifs is 1. The molecule has 0 saturated heterocycles. The molecule has 1 N–H and O–H groups in total. The monoisotopic (exact) mass is 265 g/mol. The van der Waals surface area contributed by atoms with Crippen molar-refractivity contribution in [1.29, 1.82) is 0 Å². The minimum atomic E-state index is 0.512. The Morgan fingerprint density at radius 3 is 2.70 bits per heavy atom. The molecule has 0 heterocycles. The highest BCUT2D eigenvalue weighted by Crippen LogP contribution is 2.34. The van der Waals surface area contributed by atoms with E-state index in [9.17, 15) is 5.21 Å². The minimum Gasteiger partial charge on any atom is -0.411 e. The minimum absolute atomic E-state index is 0.512. The zero-order valence-corrected chi connectivity index (χ0v) is 11.7. The Labute approximate surface area is 119 Å². The Morgan fingerprint density at radius 2 is 1.95 bits per heavy atom. The van der Waals surface area contributed by atoms with E-state index in [4.69, 9.17) is 0 Å². The Balaban J connectivity index is 1.96. The Morgan fingerprint density at radius 1 is 1.15 bits per heavy atom. The molecular formula is C18H19NO. The molecule has 1 aliphatic rings. The van der Waals surface area contributed by atoms with Crippen LogP contribution in [-0.4, -0.2) is 10.9 Å². The first-order valence-electron chi connectivity index (χ1n) is 7.13. The summed E-state index contributed by atoms with van der Waals surface area (Å²) in [5.74, 6) is 0.512. The summed E-state index contributed by atoms with van der Waals surface area (Å²) in [6.45, 7) is 2.08. The van der Waals surface area contributed by atoms with E-state index in [-0.39, 0.29) is 0 Å². The lowest BCUT2D eigenvalue weighted by Crippen LogP contribution is -2.18. The van der Waals surface area contributed by atoms with Crippen molar-refractivity contribution >= 4 is 5.71 Å². The number of rotatable bonds is 2. The highest BCUT2D eigenvalue weighted by Gasteiger charge is 2.24. The lowest BCUT2D eigenvalue weighted by atomic mass is 9.78. The van der Waals surface area contributed by atoms with E-state index in [0.29, 0.717) is 5.92 Å². The topological polar surface area (TPSA) is 32.6 Å². The van der Waals surface area contributed by atoms with Crippen molar-refractivity contribution in [2.24, 2.45) is 5.16 Å². The van der Waals surface area contributed by atoms with Crippen LogP contribution in [0.4, 0.5) is 0 Å². The lowest BCUT2D eigenvalue weighted by Gasteiger charge is -2.26. The van der Waals surface area contributed by atoms with Crippen LogP contribution < -0.4 is 0 Å². The molecular weight excluding hydrogens is 246 g/mol. The molecule has 2 aromatic rings. The Kier molecular flexibility index (Phi) is 3.55. The maximum absolute atomic E-state index is 9.19. The molecule has 0 unspecified atom stereocenters. The van der Waals surface area contributed by atoms with Gasteiger partial charge in [-0.15, -0.1) is 0 Å². The van der Waals surface area contributed by atoms with Gasteiger partial charge in [0.15, 0.2) is 0 Å². The van der Waals surface area contributed by atoms with Gasteiger partial charge in [0.05, 0.1) is 5.71 Å². The fourth-order valence-electron chi connectivity index (χ4n) is 3.09. The summed E-state index contributed by atoms with van der Waals surface area (Å²) in [4.78, 5) is 0. The average molecular weight is 265 g/mol. The van der Waals surface area contributed by atoms with Crippen LogP contribution in [-0.2, 0) is 6.42 Å². The van der Waals surface area contributed by atoms with E-state index in [2.05, 4.69) is 60.6 Å². The predicted octanol–water partition coefficient (Wildman–Crippen LogP) is 4.29. The van der Waals surface area contributed by atoms with Gasteiger partial charge in [0.1, 0.15) is 0 Å². The van der Waals surface area contributed by atoms with Crippen LogP contribution in [0.5, 0.6) is 0 Å². The number of hydrogen-bond acceptors (Lipinski definition) is 2. The van der Waals surface area contributed by atoms with Gasteiger partial charge in [0.2, 0.25) is 0 Å². The molecule has 2 heteroatoms. The molecule has 0 saturated carbocycles. The van der Waals surface area contributed by atoms with Crippen LogP contribution in [0.3, 0.4) is 0 Å². The number of oxime groups is 1. The van der Waals surface area contributed by atoms with Gasteiger partial charge in [-0.05, 0) is 49.3 Å². The second-order valence-corrected chi connectivity index (χ2v) is 5.56. The SMILES string of the molecule is Cc1ccc2c(c1)/C(=N\O)CC[C@@H]2Cc1ccccc1. The largest absolute Gasteiger partial charge is 0.411 e. The molecule has 1 atom stereocenters. The van der Waals surface area contributed by atoms with Crippen molar-refractivity contribution in [3.63, 3.8) is 0 Å². The second-order valence-electron chi connectivity index (χ2n) is 5.56. The number of nitrogens with zero attached hydrogens (tertiary/aromatic N) is 1. The maximum atomic E-state index is 9.19. The third kappa shape index (κ3) is 2.46. The number of benzene rings is 2. The highest BCUT2D eigenvalue weighted by molar-refractivity contribution is 6.02. The number of hydrogen-bond donors (Lipinski definition) is 1. The molecule has 2 nitrogen and oxygen atoms in total. The summed E-state index contributed by atoms with van der Waals surface area (Å²) < 4.78 is 0. The summed E-state index contributed by atoms with van der Waals surface area (Å²) in [7, 11) is 0. The van der Waals surface area contributed by atoms with Crippen LogP contribution in [0, 0.1) is 6.92 Å². The van der Waals surface area contributed by atoms with Crippen LogP contribution >= 0.6 is 0 Å². The van der Waals surface area contributed by atoms with Crippen molar-refractivity contribution in [3.05, 3.63) is 70.8 Å². The zero-order chi connectivity index (χ0) is 13.9. The van der Waals surface area contributed by atoms with Crippen LogP contribution in [0.1, 0.15) is 41.0 Å².